The summed E-state index contributed by atoms with van der Waals surface area (Å²) >= 11 is 0. The third kappa shape index (κ3) is 4.28. The summed E-state index contributed by atoms with van der Waals surface area (Å²) in [4.78, 5) is 18.2. The number of rotatable bonds is 2. The molecule has 2 heterocycles. The molecule has 1 aliphatic heterocycles. The molecule has 1 aliphatic rings. The van der Waals surface area contributed by atoms with Gasteiger partial charge >= 0.3 is 6.09 Å². The van der Waals surface area contributed by atoms with Gasteiger partial charge in [-0.2, -0.15) is 0 Å². The highest BCUT2D eigenvalue weighted by atomic mass is 19.1. The van der Waals surface area contributed by atoms with Gasteiger partial charge < -0.3 is 9.64 Å². The maximum Gasteiger partial charge on any atom is 0.410 e. The van der Waals surface area contributed by atoms with Crippen molar-refractivity contribution in [2.45, 2.75) is 32.8 Å². The lowest BCUT2D eigenvalue weighted by atomic mass is 10.00. The third-order valence-corrected chi connectivity index (χ3v) is 4.13. The molecule has 1 aromatic carbocycles. The lowest BCUT2D eigenvalue weighted by molar-refractivity contribution is 0.0270. The first-order chi connectivity index (χ1) is 12.3. The van der Waals surface area contributed by atoms with Crippen LogP contribution in [0.3, 0.4) is 0 Å². The summed E-state index contributed by atoms with van der Waals surface area (Å²) in [6.07, 6.45) is 4.06. The zero-order chi connectivity index (χ0) is 18.7. The average molecular weight is 354 g/mol. The Balaban J connectivity index is 1.76. The second-order valence-corrected chi connectivity index (χ2v) is 7.32. The van der Waals surface area contributed by atoms with Crippen LogP contribution in [0.4, 0.5) is 9.18 Å². The number of ether oxygens (including phenoxy) is 1. The van der Waals surface area contributed by atoms with Crippen LogP contribution < -0.4 is 0 Å². The first-order valence-electron chi connectivity index (χ1n) is 8.72. The van der Waals surface area contributed by atoms with Gasteiger partial charge in [0.25, 0.3) is 0 Å². The SMILES string of the molecule is CC(C)(C)OC(=O)N1CC=C(c2cc(-c3ccccc3F)ccn2)CC1. The van der Waals surface area contributed by atoms with E-state index in [4.69, 9.17) is 4.74 Å². The molecule has 5 heteroatoms. The number of benzene rings is 1. The molecular weight excluding hydrogens is 331 g/mol. The van der Waals surface area contributed by atoms with Gasteiger partial charge in [0, 0.05) is 24.8 Å². The van der Waals surface area contributed by atoms with Crippen LogP contribution in [0.15, 0.2) is 48.7 Å². The van der Waals surface area contributed by atoms with E-state index in [2.05, 4.69) is 4.98 Å². The predicted octanol–water partition coefficient (Wildman–Crippen LogP) is 4.91. The summed E-state index contributed by atoms with van der Waals surface area (Å²) < 4.78 is 19.4. The van der Waals surface area contributed by atoms with Gasteiger partial charge in [0.05, 0.1) is 5.69 Å². The number of halogens is 1. The first kappa shape index (κ1) is 18.1. The normalized spacial score (nSPS) is 14.8. The Bertz CT molecular complexity index is 840. The van der Waals surface area contributed by atoms with E-state index in [-0.39, 0.29) is 11.9 Å². The summed E-state index contributed by atoms with van der Waals surface area (Å²) in [7, 11) is 0. The second kappa shape index (κ2) is 7.28. The molecule has 2 aromatic rings. The molecule has 0 saturated carbocycles. The number of pyridine rings is 1. The van der Waals surface area contributed by atoms with Crippen molar-refractivity contribution >= 4 is 11.7 Å². The van der Waals surface area contributed by atoms with Crippen molar-refractivity contribution in [2.24, 2.45) is 0 Å². The van der Waals surface area contributed by atoms with Gasteiger partial charge in [-0.05, 0) is 56.5 Å². The lowest BCUT2D eigenvalue weighted by Gasteiger charge is -2.29. The number of amides is 1. The maximum absolute atomic E-state index is 14.0. The van der Waals surface area contributed by atoms with E-state index < -0.39 is 5.60 Å². The zero-order valence-corrected chi connectivity index (χ0v) is 15.3. The zero-order valence-electron chi connectivity index (χ0n) is 15.3. The molecule has 0 N–H and O–H groups in total. The summed E-state index contributed by atoms with van der Waals surface area (Å²) in [5.74, 6) is -0.252. The van der Waals surface area contributed by atoms with Crippen molar-refractivity contribution < 1.29 is 13.9 Å². The van der Waals surface area contributed by atoms with Gasteiger partial charge in [-0.25, -0.2) is 9.18 Å². The van der Waals surface area contributed by atoms with E-state index in [1.807, 2.05) is 39.0 Å². The van der Waals surface area contributed by atoms with Crippen molar-refractivity contribution in [3.05, 3.63) is 60.2 Å². The molecule has 1 aromatic heterocycles. The minimum Gasteiger partial charge on any atom is -0.444 e. The van der Waals surface area contributed by atoms with Gasteiger partial charge in [-0.1, -0.05) is 24.3 Å². The Morgan fingerprint density at radius 1 is 1.23 bits per heavy atom. The van der Waals surface area contributed by atoms with E-state index >= 15 is 0 Å². The summed E-state index contributed by atoms with van der Waals surface area (Å²) in [5, 5.41) is 0. The Kier molecular flexibility index (Phi) is 5.07. The molecule has 1 amide bonds. The smallest absolute Gasteiger partial charge is 0.410 e. The number of hydrogen-bond donors (Lipinski definition) is 0. The van der Waals surface area contributed by atoms with Crippen LogP contribution in [0.5, 0.6) is 0 Å². The van der Waals surface area contributed by atoms with Crippen LogP contribution in [-0.2, 0) is 4.74 Å². The highest BCUT2D eigenvalue weighted by Crippen LogP contribution is 2.27. The van der Waals surface area contributed by atoms with Crippen LogP contribution in [0, 0.1) is 5.82 Å². The monoisotopic (exact) mass is 354 g/mol. The van der Waals surface area contributed by atoms with Crippen LogP contribution in [0.1, 0.15) is 32.9 Å². The van der Waals surface area contributed by atoms with E-state index in [0.717, 1.165) is 16.8 Å². The highest BCUT2D eigenvalue weighted by molar-refractivity contribution is 5.74. The van der Waals surface area contributed by atoms with Gasteiger partial charge in [-0.3, -0.25) is 4.98 Å². The standard InChI is InChI=1S/C21H23FN2O2/c1-21(2,3)26-20(25)24-12-9-15(10-13-24)19-14-16(8-11-23-19)17-6-4-5-7-18(17)22/h4-9,11,14H,10,12-13H2,1-3H3. The molecule has 136 valence electrons. The number of carbonyl (C=O) groups excluding carboxylic acids is 1. The van der Waals surface area contributed by atoms with Gasteiger partial charge in [0.1, 0.15) is 11.4 Å². The lowest BCUT2D eigenvalue weighted by Crippen LogP contribution is -2.39. The van der Waals surface area contributed by atoms with Gasteiger partial charge in [0.15, 0.2) is 0 Å². The van der Waals surface area contributed by atoms with E-state index in [9.17, 15) is 9.18 Å². The number of hydrogen-bond acceptors (Lipinski definition) is 3. The molecule has 0 atom stereocenters. The van der Waals surface area contributed by atoms with Crippen molar-refractivity contribution in [2.75, 3.05) is 13.1 Å². The third-order valence-electron chi connectivity index (χ3n) is 4.13. The van der Waals surface area contributed by atoms with E-state index in [1.165, 1.54) is 6.07 Å². The quantitative estimate of drug-likeness (QED) is 0.769. The van der Waals surface area contributed by atoms with Crippen LogP contribution in [-0.4, -0.2) is 34.7 Å². The molecule has 3 rings (SSSR count). The summed E-state index contributed by atoms with van der Waals surface area (Å²) in [6.45, 7) is 6.62. The predicted molar refractivity (Wildman–Crippen MR) is 100 cm³/mol. The fourth-order valence-electron chi connectivity index (χ4n) is 2.86. The van der Waals surface area contributed by atoms with Gasteiger partial charge in [0.2, 0.25) is 0 Å². The molecule has 0 unspecified atom stereocenters. The van der Waals surface area contributed by atoms with Crippen LogP contribution >= 0.6 is 0 Å². The number of nitrogens with zero attached hydrogens (tertiary/aromatic N) is 2. The largest absolute Gasteiger partial charge is 0.444 e. The fraction of sp³-hybridized carbons (Fsp3) is 0.333. The Morgan fingerprint density at radius 2 is 2.00 bits per heavy atom. The number of carbonyl (C=O) groups is 1. The molecule has 0 aliphatic carbocycles. The first-order valence-corrected chi connectivity index (χ1v) is 8.72. The minimum absolute atomic E-state index is 0.252. The molecular formula is C21H23FN2O2. The molecule has 0 saturated heterocycles. The van der Waals surface area contributed by atoms with E-state index in [1.54, 1.807) is 29.3 Å². The Hall–Kier alpha value is -2.69. The van der Waals surface area contributed by atoms with Crippen molar-refractivity contribution in [1.82, 2.24) is 9.88 Å². The fourth-order valence-corrected chi connectivity index (χ4v) is 2.86. The highest BCUT2D eigenvalue weighted by Gasteiger charge is 2.24. The molecule has 4 nitrogen and oxygen atoms in total. The molecule has 26 heavy (non-hydrogen) atoms. The number of aromatic nitrogens is 1. The maximum atomic E-state index is 14.0. The van der Waals surface area contributed by atoms with E-state index in [0.29, 0.717) is 25.1 Å². The van der Waals surface area contributed by atoms with Crippen LogP contribution in [0.2, 0.25) is 0 Å². The topological polar surface area (TPSA) is 42.4 Å². The minimum atomic E-state index is -0.503. The average Bonchev–Trinajstić information content (AvgIpc) is 2.61. The Morgan fingerprint density at radius 3 is 2.65 bits per heavy atom. The summed E-state index contributed by atoms with van der Waals surface area (Å²) in [6, 6.07) is 10.4. The second-order valence-electron chi connectivity index (χ2n) is 7.32. The van der Waals surface area contributed by atoms with Crippen molar-refractivity contribution in [1.29, 1.82) is 0 Å². The van der Waals surface area contributed by atoms with Gasteiger partial charge in [-0.15, -0.1) is 0 Å². The van der Waals surface area contributed by atoms with Crippen LogP contribution in [0.25, 0.3) is 16.7 Å². The summed E-state index contributed by atoms with van der Waals surface area (Å²) in [5.41, 5.74) is 2.72. The molecule has 0 radical (unpaired) electrons. The van der Waals surface area contributed by atoms with Crippen molar-refractivity contribution in [3.63, 3.8) is 0 Å². The molecule has 0 spiro atoms. The molecule has 0 bridgehead atoms. The molecule has 0 fully saturated rings. The Labute approximate surface area is 153 Å². The van der Waals surface area contributed by atoms with Crippen molar-refractivity contribution in [3.8, 4) is 11.1 Å².